The summed E-state index contributed by atoms with van der Waals surface area (Å²) in [6, 6.07) is 7.51. The molecule has 1 aromatic rings. The van der Waals surface area contributed by atoms with E-state index >= 15 is 0 Å². The zero-order valence-electron chi connectivity index (χ0n) is 11.0. The van der Waals surface area contributed by atoms with Crippen LogP contribution in [0.3, 0.4) is 0 Å². The lowest BCUT2D eigenvalue weighted by atomic mass is 10.1. The molecule has 0 heterocycles. The summed E-state index contributed by atoms with van der Waals surface area (Å²) >= 11 is 0. The summed E-state index contributed by atoms with van der Waals surface area (Å²) in [5.41, 5.74) is 1.17. The lowest BCUT2D eigenvalue weighted by molar-refractivity contribution is -0.117. The fraction of sp³-hybridized carbons (Fsp3) is 0.467. The van der Waals surface area contributed by atoms with Gasteiger partial charge in [-0.2, -0.15) is 0 Å². The van der Waals surface area contributed by atoms with Gasteiger partial charge in [0, 0.05) is 12.0 Å². The zero-order chi connectivity index (χ0) is 13.4. The highest BCUT2D eigenvalue weighted by atomic mass is 16.2. The van der Waals surface area contributed by atoms with Gasteiger partial charge in [-0.25, -0.2) is 0 Å². The van der Waals surface area contributed by atoms with Crippen LogP contribution in [0.5, 0.6) is 0 Å². The predicted molar refractivity (Wildman–Crippen MR) is 72.8 cm³/mol. The number of hydrogen-bond acceptors (Lipinski definition) is 2. The van der Waals surface area contributed by atoms with Crippen LogP contribution in [0.25, 0.3) is 0 Å². The minimum atomic E-state index is -0.0951. The van der Waals surface area contributed by atoms with Crippen LogP contribution in [0.4, 0.5) is 5.69 Å². The Morgan fingerprint density at radius 3 is 2.53 bits per heavy atom. The number of carbonyl (C=O) groups is 2. The number of hydrogen-bond donors (Lipinski definition) is 2. The molecule has 0 spiro atoms. The molecule has 2 fully saturated rings. The smallest absolute Gasteiger partial charge is 0.253 e. The third-order valence-electron chi connectivity index (χ3n) is 3.79. The maximum atomic E-state index is 12.1. The van der Waals surface area contributed by atoms with Crippen molar-refractivity contribution in [3.05, 3.63) is 29.8 Å². The third kappa shape index (κ3) is 2.78. The second-order valence-electron chi connectivity index (χ2n) is 5.60. The van der Waals surface area contributed by atoms with Gasteiger partial charge in [0.2, 0.25) is 5.91 Å². The number of para-hydroxylation sites is 1. The van der Waals surface area contributed by atoms with Gasteiger partial charge in [0.1, 0.15) is 0 Å². The molecule has 3 rings (SSSR count). The largest absolute Gasteiger partial charge is 0.349 e. The number of carbonyl (C=O) groups excluding carboxylic acids is 2. The standard InChI is InChI=1S/C15H18N2O2/c1-9-8-12(9)15(19)17-13-5-3-2-4-11(13)14(18)16-10-6-7-10/h2-5,9-10,12H,6-8H2,1H3,(H,16,18)(H,17,19)/t9-,12+/m1/s1. The Morgan fingerprint density at radius 1 is 1.21 bits per heavy atom. The van der Waals surface area contributed by atoms with Gasteiger partial charge in [-0.15, -0.1) is 0 Å². The van der Waals surface area contributed by atoms with Crippen LogP contribution in [-0.4, -0.2) is 17.9 Å². The van der Waals surface area contributed by atoms with E-state index in [0.717, 1.165) is 19.3 Å². The maximum absolute atomic E-state index is 12.1. The van der Waals surface area contributed by atoms with Crippen molar-refractivity contribution in [2.45, 2.75) is 32.2 Å². The quantitative estimate of drug-likeness (QED) is 0.869. The van der Waals surface area contributed by atoms with Crippen LogP contribution in [0.2, 0.25) is 0 Å². The fourth-order valence-electron chi connectivity index (χ4n) is 2.19. The highest BCUT2D eigenvalue weighted by molar-refractivity contribution is 6.04. The molecule has 2 aliphatic carbocycles. The summed E-state index contributed by atoms with van der Waals surface area (Å²) in [5.74, 6) is 0.508. The van der Waals surface area contributed by atoms with Gasteiger partial charge in [-0.05, 0) is 37.3 Å². The van der Waals surface area contributed by atoms with Gasteiger partial charge in [-0.1, -0.05) is 19.1 Å². The lowest BCUT2D eigenvalue weighted by Gasteiger charge is -2.10. The van der Waals surface area contributed by atoms with E-state index in [9.17, 15) is 9.59 Å². The van der Waals surface area contributed by atoms with Crippen molar-refractivity contribution in [2.24, 2.45) is 11.8 Å². The van der Waals surface area contributed by atoms with Gasteiger partial charge in [0.25, 0.3) is 5.91 Å². The molecule has 4 heteroatoms. The maximum Gasteiger partial charge on any atom is 0.253 e. The highest BCUT2D eigenvalue weighted by Gasteiger charge is 2.39. The van der Waals surface area contributed by atoms with E-state index in [1.807, 2.05) is 12.1 Å². The van der Waals surface area contributed by atoms with Crippen molar-refractivity contribution in [1.29, 1.82) is 0 Å². The monoisotopic (exact) mass is 258 g/mol. The summed E-state index contributed by atoms with van der Waals surface area (Å²) in [6.07, 6.45) is 3.06. The SMILES string of the molecule is C[C@@H]1C[C@@H]1C(=O)Nc1ccccc1C(=O)NC1CC1. The topological polar surface area (TPSA) is 58.2 Å². The molecule has 0 aromatic heterocycles. The molecular formula is C15H18N2O2. The second-order valence-corrected chi connectivity index (χ2v) is 5.60. The predicted octanol–water partition coefficient (Wildman–Crippen LogP) is 2.17. The van der Waals surface area contributed by atoms with Crippen LogP contribution < -0.4 is 10.6 Å². The van der Waals surface area contributed by atoms with E-state index < -0.39 is 0 Å². The molecule has 0 saturated heterocycles. The van der Waals surface area contributed by atoms with Crippen LogP contribution in [0.1, 0.15) is 36.5 Å². The van der Waals surface area contributed by atoms with Crippen LogP contribution in [-0.2, 0) is 4.79 Å². The number of anilines is 1. The lowest BCUT2D eigenvalue weighted by Crippen LogP contribution is -2.27. The summed E-state index contributed by atoms with van der Waals surface area (Å²) in [6.45, 7) is 2.07. The molecular weight excluding hydrogens is 240 g/mol. The molecule has 2 atom stereocenters. The Balaban J connectivity index is 1.72. The normalized spacial score (nSPS) is 24.7. The van der Waals surface area contributed by atoms with Crippen molar-refractivity contribution in [3.63, 3.8) is 0 Å². The minimum Gasteiger partial charge on any atom is -0.349 e. The van der Waals surface area contributed by atoms with Crippen molar-refractivity contribution in [3.8, 4) is 0 Å². The number of rotatable bonds is 4. The first-order valence-electron chi connectivity index (χ1n) is 6.86. The molecule has 2 aliphatic rings. The van der Waals surface area contributed by atoms with E-state index in [1.165, 1.54) is 0 Å². The number of benzene rings is 1. The molecule has 2 amide bonds. The first-order chi connectivity index (χ1) is 9.15. The zero-order valence-corrected chi connectivity index (χ0v) is 11.0. The van der Waals surface area contributed by atoms with E-state index in [0.29, 0.717) is 23.2 Å². The molecule has 0 aliphatic heterocycles. The molecule has 4 nitrogen and oxygen atoms in total. The summed E-state index contributed by atoms with van der Waals surface area (Å²) in [5, 5.41) is 5.82. The average molecular weight is 258 g/mol. The van der Waals surface area contributed by atoms with Crippen molar-refractivity contribution in [1.82, 2.24) is 5.32 Å². The van der Waals surface area contributed by atoms with E-state index in [1.54, 1.807) is 12.1 Å². The summed E-state index contributed by atoms with van der Waals surface area (Å²) < 4.78 is 0. The van der Waals surface area contributed by atoms with Crippen LogP contribution >= 0.6 is 0 Å². The van der Waals surface area contributed by atoms with Gasteiger partial charge in [-0.3, -0.25) is 9.59 Å². The van der Waals surface area contributed by atoms with Crippen molar-refractivity contribution in [2.75, 3.05) is 5.32 Å². The average Bonchev–Trinajstić information content (AvgIpc) is 3.28. The Morgan fingerprint density at radius 2 is 1.89 bits per heavy atom. The number of nitrogens with one attached hydrogen (secondary N) is 2. The van der Waals surface area contributed by atoms with Gasteiger partial charge in [0.05, 0.1) is 11.3 Å². The Bertz CT molecular complexity index is 523. The fourth-order valence-corrected chi connectivity index (χ4v) is 2.19. The highest BCUT2D eigenvalue weighted by Crippen LogP contribution is 2.38. The van der Waals surface area contributed by atoms with Crippen LogP contribution in [0.15, 0.2) is 24.3 Å². The first-order valence-corrected chi connectivity index (χ1v) is 6.86. The van der Waals surface area contributed by atoms with Crippen molar-refractivity contribution < 1.29 is 9.59 Å². The molecule has 1 aromatic carbocycles. The molecule has 19 heavy (non-hydrogen) atoms. The first kappa shape index (κ1) is 12.2. The summed E-state index contributed by atoms with van der Waals surface area (Å²) in [7, 11) is 0. The number of amides is 2. The van der Waals surface area contributed by atoms with Gasteiger partial charge < -0.3 is 10.6 Å². The van der Waals surface area contributed by atoms with Crippen molar-refractivity contribution >= 4 is 17.5 Å². The van der Waals surface area contributed by atoms with Crippen LogP contribution in [0, 0.1) is 11.8 Å². The minimum absolute atomic E-state index is 0.0270. The Labute approximate surface area is 112 Å². The third-order valence-corrected chi connectivity index (χ3v) is 3.79. The molecule has 0 bridgehead atoms. The molecule has 0 unspecified atom stereocenters. The Kier molecular flexibility index (Phi) is 3.01. The van der Waals surface area contributed by atoms with E-state index in [-0.39, 0.29) is 17.7 Å². The summed E-state index contributed by atoms with van der Waals surface area (Å²) in [4.78, 5) is 24.0. The van der Waals surface area contributed by atoms with Gasteiger partial charge in [0.15, 0.2) is 0 Å². The van der Waals surface area contributed by atoms with E-state index in [2.05, 4.69) is 17.6 Å². The molecule has 2 saturated carbocycles. The molecule has 2 N–H and O–H groups in total. The Hall–Kier alpha value is -1.84. The molecule has 0 radical (unpaired) electrons. The van der Waals surface area contributed by atoms with Gasteiger partial charge >= 0.3 is 0 Å². The molecule has 100 valence electrons. The van der Waals surface area contributed by atoms with E-state index in [4.69, 9.17) is 0 Å². The second kappa shape index (κ2) is 4.68.